The van der Waals surface area contributed by atoms with E-state index in [1.165, 1.54) is 0 Å². The molecule has 0 saturated carbocycles. The van der Waals surface area contributed by atoms with Gasteiger partial charge in [-0.1, -0.05) is 60.7 Å². The molecule has 2 amide bonds. The van der Waals surface area contributed by atoms with E-state index in [0.717, 1.165) is 11.1 Å². The summed E-state index contributed by atoms with van der Waals surface area (Å²) in [7, 11) is 0. The van der Waals surface area contributed by atoms with Gasteiger partial charge in [-0.2, -0.15) is 0 Å². The second-order valence-electron chi connectivity index (χ2n) is 7.27. The van der Waals surface area contributed by atoms with Crippen molar-refractivity contribution in [2.24, 2.45) is 0 Å². The van der Waals surface area contributed by atoms with E-state index in [1.54, 1.807) is 30.0 Å². The Morgan fingerprint density at radius 2 is 1.60 bits per heavy atom. The predicted octanol–water partition coefficient (Wildman–Crippen LogP) is 4.59. The number of hydrogen-bond donors (Lipinski definition) is 1. The van der Waals surface area contributed by atoms with E-state index in [-0.39, 0.29) is 11.8 Å². The number of anilines is 2. The Bertz CT molecular complexity index is 1010. The highest BCUT2D eigenvalue weighted by Crippen LogP contribution is 2.36. The molecule has 4 rings (SSSR count). The lowest BCUT2D eigenvalue weighted by Gasteiger charge is -2.32. The van der Waals surface area contributed by atoms with Crippen LogP contribution in [0.2, 0.25) is 0 Å². The summed E-state index contributed by atoms with van der Waals surface area (Å²) in [5.74, 6) is -0.0139. The van der Waals surface area contributed by atoms with Crippen molar-refractivity contribution < 1.29 is 14.3 Å². The number of benzene rings is 3. The topological polar surface area (TPSA) is 58.6 Å². The summed E-state index contributed by atoms with van der Waals surface area (Å²) in [6, 6.07) is 24.8. The molecular formula is C25H24N2O3. The maximum Gasteiger partial charge on any atom is 0.267 e. The highest BCUT2D eigenvalue weighted by atomic mass is 16.5. The Hall–Kier alpha value is -3.60. The molecule has 1 aliphatic rings. The van der Waals surface area contributed by atoms with Gasteiger partial charge in [-0.25, -0.2) is 0 Å². The minimum absolute atomic E-state index is 0.0834. The van der Waals surface area contributed by atoms with Crippen LogP contribution < -0.4 is 15.0 Å². The van der Waals surface area contributed by atoms with Crippen molar-refractivity contribution in [2.45, 2.75) is 25.9 Å². The number of likely N-dealkylation sites (N-methyl/N-ethyl adjacent to an activating group) is 1. The van der Waals surface area contributed by atoms with E-state index < -0.39 is 12.0 Å². The zero-order chi connectivity index (χ0) is 21.1. The first-order chi connectivity index (χ1) is 14.6. The highest BCUT2D eigenvalue weighted by Gasteiger charge is 2.31. The van der Waals surface area contributed by atoms with Gasteiger partial charge < -0.3 is 15.0 Å². The first-order valence-corrected chi connectivity index (χ1v) is 10.1. The number of nitrogens with zero attached hydrogens (tertiary/aromatic N) is 1. The van der Waals surface area contributed by atoms with Crippen molar-refractivity contribution in [3.8, 4) is 5.75 Å². The van der Waals surface area contributed by atoms with Crippen LogP contribution in [0.15, 0.2) is 78.9 Å². The first kappa shape index (κ1) is 19.7. The molecule has 1 atom stereocenters. The monoisotopic (exact) mass is 400 g/mol. The van der Waals surface area contributed by atoms with E-state index in [9.17, 15) is 9.59 Å². The van der Waals surface area contributed by atoms with Gasteiger partial charge in [-0.05, 0) is 43.2 Å². The molecule has 0 spiro atoms. The summed E-state index contributed by atoms with van der Waals surface area (Å²) >= 11 is 0. The highest BCUT2D eigenvalue weighted by molar-refractivity contribution is 6.02. The third-order valence-electron chi connectivity index (χ3n) is 5.28. The van der Waals surface area contributed by atoms with Crippen LogP contribution in [0.3, 0.4) is 0 Å². The molecule has 1 heterocycles. The van der Waals surface area contributed by atoms with E-state index >= 15 is 0 Å². The van der Waals surface area contributed by atoms with Gasteiger partial charge in [0.15, 0.2) is 6.10 Å². The molecule has 152 valence electrons. The van der Waals surface area contributed by atoms with E-state index in [0.29, 0.717) is 23.7 Å². The van der Waals surface area contributed by atoms with Gasteiger partial charge >= 0.3 is 0 Å². The predicted molar refractivity (Wildman–Crippen MR) is 118 cm³/mol. The maximum absolute atomic E-state index is 13.3. The number of amides is 2. The fourth-order valence-electron chi connectivity index (χ4n) is 3.81. The first-order valence-electron chi connectivity index (χ1n) is 10.1. The van der Waals surface area contributed by atoms with Crippen LogP contribution >= 0.6 is 0 Å². The minimum atomic E-state index is -0.515. The largest absolute Gasteiger partial charge is 0.479 e. The third kappa shape index (κ3) is 3.79. The van der Waals surface area contributed by atoms with Crippen LogP contribution in [0.25, 0.3) is 0 Å². The number of carbonyl (C=O) groups excluding carboxylic acids is 2. The number of hydrogen-bond acceptors (Lipinski definition) is 3. The van der Waals surface area contributed by atoms with Gasteiger partial charge in [0.25, 0.3) is 5.91 Å². The zero-order valence-corrected chi connectivity index (χ0v) is 17.0. The molecule has 0 bridgehead atoms. The van der Waals surface area contributed by atoms with Crippen LogP contribution in [-0.4, -0.2) is 24.5 Å². The Morgan fingerprint density at radius 3 is 2.17 bits per heavy atom. The number of carbonyl (C=O) groups is 2. The number of ether oxygens (including phenoxy) is 1. The average molecular weight is 400 g/mol. The molecule has 30 heavy (non-hydrogen) atoms. The summed E-state index contributed by atoms with van der Waals surface area (Å²) in [6.07, 6.45) is -0.515. The zero-order valence-electron chi connectivity index (χ0n) is 17.0. The molecule has 5 heteroatoms. The molecule has 0 fully saturated rings. The lowest BCUT2D eigenvalue weighted by atomic mass is 9.90. The smallest absolute Gasteiger partial charge is 0.267 e. The van der Waals surface area contributed by atoms with Gasteiger partial charge in [-0.3, -0.25) is 9.59 Å². The summed E-state index contributed by atoms with van der Waals surface area (Å²) in [4.78, 5) is 27.5. The van der Waals surface area contributed by atoms with E-state index in [1.807, 2.05) is 67.6 Å². The van der Waals surface area contributed by atoms with Crippen LogP contribution in [0.1, 0.15) is 30.9 Å². The van der Waals surface area contributed by atoms with Gasteiger partial charge in [0.1, 0.15) is 5.75 Å². The van der Waals surface area contributed by atoms with Crippen LogP contribution in [0, 0.1) is 0 Å². The Labute approximate surface area is 176 Å². The van der Waals surface area contributed by atoms with Crippen LogP contribution in [0.5, 0.6) is 5.75 Å². The molecule has 0 aromatic heterocycles. The van der Waals surface area contributed by atoms with Gasteiger partial charge in [0, 0.05) is 12.2 Å². The van der Waals surface area contributed by atoms with Crippen molar-refractivity contribution in [2.75, 3.05) is 16.8 Å². The molecular weight excluding hydrogens is 376 g/mol. The molecule has 0 aliphatic carbocycles. The second kappa shape index (κ2) is 8.41. The van der Waals surface area contributed by atoms with Crippen molar-refractivity contribution in [1.82, 2.24) is 0 Å². The average Bonchev–Trinajstić information content (AvgIpc) is 2.77. The number of rotatable bonds is 5. The third-order valence-corrected chi connectivity index (χ3v) is 5.28. The Morgan fingerprint density at radius 1 is 1.00 bits per heavy atom. The summed E-state index contributed by atoms with van der Waals surface area (Å²) in [6.45, 7) is 4.20. The van der Waals surface area contributed by atoms with Crippen molar-refractivity contribution >= 4 is 23.2 Å². The van der Waals surface area contributed by atoms with Crippen molar-refractivity contribution in [1.29, 1.82) is 0 Å². The molecule has 3 aromatic rings. The van der Waals surface area contributed by atoms with Crippen molar-refractivity contribution in [3.05, 3.63) is 90.0 Å². The minimum Gasteiger partial charge on any atom is -0.479 e. The molecule has 1 unspecified atom stereocenters. The fraction of sp³-hybridized carbons (Fsp3) is 0.200. The lowest BCUT2D eigenvalue weighted by molar-refractivity contribution is -0.125. The number of fused-ring (bicyclic) bond motifs is 1. The molecule has 0 saturated heterocycles. The molecule has 1 aliphatic heterocycles. The quantitative estimate of drug-likeness (QED) is 0.681. The molecule has 1 N–H and O–H groups in total. The van der Waals surface area contributed by atoms with E-state index in [2.05, 4.69) is 5.32 Å². The standard InChI is InChI=1S/C25H24N2O3/c1-3-27-21-16-20(14-15-22(21)30-17(2)25(27)29)26-24(28)23(18-10-6-4-7-11-18)19-12-8-5-9-13-19/h4-17,23H,3H2,1-2H3,(H,26,28). The molecule has 0 radical (unpaired) electrons. The van der Waals surface area contributed by atoms with Crippen LogP contribution in [0.4, 0.5) is 11.4 Å². The van der Waals surface area contributed by atoms with Crippen molar-refractivity contribution in [3.63, 3.8) is 0 Å². The van der Waals surface area contributed by atoms with Crippen LogP contribution in [-0.2, 0) is 9.59 Å². The summed E-state index contributed by atoms with van der Waals surface area (Å²) < 4.78 is 5.72. The summed E-state index contributed by atoms with van der Waals surface area (Å²) in [5.41, 5.74) is 3.14. The maximum atomic E-state index is 13.3. The lowest BCUT2D eigenvalue weighted by Crippen LogP contribution is -2.44. The van der Waals surface area contributed by atoms with Gasteiger partial charge in [-0.15, -0.1) is 0 Å². The SMILES string of the molecule is CCN1C(=O)C(C)Oc2ccc(NC(=O)C(c3ccccc3)c3ccccc3)cc21. The molecule has 3 aromatic carbocycles. The van der Waals surface area contributed by atoms with Gasteiger partial charge in [0.2, 0.25) is 5.91 Å². The summed E-state index contributed by atoms with van der Waals surface area (Å²) in [5, 5.41) is 3.03. The van der Waals surface area contributed by atoms with Gasteiger partial charge in [0.05, 0.1) is 11.6 Å². The molecule has 5 nitrogen and oxygen atoms in total. The number of nitrogens with one attached hydrogen (secondary N) is 1. The Kier molecular flexibility index (Phi) is 5.53. The fourth-order valence-corrected chi connectivity index (χ4v) is 3.81. The normalized spacial score (nSPS) is 15.5. The Balaban J connectivity index is 1.65. The second-order valence-corrected chi connectivity index (χ2v) is 7.27. The van der Waals surface area contributed by atoms with E-state index in [4.69, 9.17) is 4.74 Å².